The van der Waals surface area contributed by atoms with Gasteiger partial charge in [0.25, 0.3) is 0 Å². The minimum absolute atomic E-state index is 0.0384. The largest absolute Gasteiger partial charge is 0.377 e. The summed E-state index contributed by atoms with van der Waals surface area (Å²) in [5.41, 5.74) is 6.03. The summed E-state index contributed by atoms with van der Waals surface area (Å²) in [7, 11) is 0. The van der Waals surface area contributed by atoms with Gasteiger partial charge in [0.1, 0.15) is 6.07 Å². The number of H-pyrrole nitrogens is 1. The summed E-state index contributed by atoms with van der Waals surface area (Å²) in [4.78, 5) is 8.92. The van der Waals surface area contributed by atoms with E-state index in [0.717, 1.165) is 44.3 Å². The minimum Gasteiger partial charge on any atom is -0.377 e. The Kier molecular flexibility index (Phi) is 4.34. The van der Waals surface area contributed by atoms with Crippen LogP contribution < -0.4 is 5.32 Å². The molecule has 0 aliphatic carbocycles. The van der Waals surface area contributed by atoms with Crippen LogP contribution in [-0.2, 0) is 0 Å². The molecule has 5 aromatic rings. The zero-order valence-electron chi connectivity index (χ0n) is 16.3. The number of rotatable bonds is 4. The van der Waals surface area contributed by atoms with E-state index in [0.29, 0.717) is 5.56 Å². The number of pyridine rings is 2. The first-order valence-corrected chi connectivity index (χ1v) is 9.67. The molecule has 3 aromatic heterocycles. The molecule has 1 unspecified atom stereocenters. The van der Waals surface area contributed by atoms with Gasteiger partial charge in [-0.25, -0.2) is 4.98 Å². The Labute approximate surface area is 173 Å². The lowest BCUT2D eigenvalue weighted by Gasteiger charge is -2.18. The number of anilines is 1. The SMILES string of the molecule is CC(Nc1c(C#N)cnc2ccc(-c3cnc4[nH]ncc4c3)cc12)c1ccccc1. The second-order valence-electron chi connectivity index (χ2n) is 7.20. The third kappa shape index (κ3) is 3.12. The van der Waals surface area contributed by atoms with E-state index in [9.17, 15) is 5.26 Å². The molecule has 6 heteroatoms. The van der Waals surface area contributed by atoms with E-state index in [4.69, 9.17) is 0 Å². The van der Waals surface area contributed by atoms with Gasteiger partial charge in [-0.2, -0.15) is 10.4 Å². The molecule has 0 bridgehead atoms. The van der Waals surface area contributed by atoms with Crippen LogP contribution in [0.2, 0.25) is 0 Å². The van der Waals surface area contributed by atoms with Gasteiger partial charge in [-0.05, 0) is 36.2 Å². The zero-order valence-corrected chi connectivity index (χ0v) is 16.3. The zero-order chi connectivity index (χ0) is 20.5. The first kappa shape index (κ1) is 17.8. The van der Waals surface area contributed by atoms with Crippen molar-refractivity contribution in [2.75, 3.05) is 5.32 Å². The molecule has 3 heterocycles. The fraction of sp³-hybridized carbons (Fsp3) is 0.0833. The first-order chi connectivity index (χ1) is 14.7. The standard InChI is InChI=1S/C24H18N6/c1-15(16-5-3-2-4-6-16)29-23-20(11-25)13-26-22-8-7-17(10-21(22)23)18-9-19-14-28-30-24(19)27-12-18/h2-10,12-15H,1H3,(H,26,29)(H,27,28,30). The molecule has 144 valence electrons. The van der Waals surface area contributed by atoms with E-state index in [2.05, 4.69) is 56.7 Å². The topological polar surface area (TPSA) is 90.3 Å². The molecule has 2 aromatic carbocycles. The molecular formula is C24H18N6. The van der Waals surface area contributed by atoms with Gasteiger partial charge < -0.3 is 5.32 Å². The fourth-order valence-electron chi connectivity index (χ4n) is 3.65. The van der Waals surface area contributed by atoms with E-state index in [1.165, 1.54) is 0 Å². The average Bonchev–Trinajstić information content (AvgIpc) is 3.27. The number of hydrogen-bond donors (Lipinski definition) is 2. The molecule has 0 aliphatic heterocycles. The van der Waals surface area contributed by atoms with E-state index < -0.39 is 0 Å². The predicted octanol–water partition coefficient (Wildman–Crippen LogP) is 5.22. The van der Waals surface area contributed by atoms with Crippen molar-refractivity contribution in [2.24, 2.45) is 0 Å². The normalized spacial score (nSPS) is 12.0. The third-order valence-corrected chi connectivity index (χ3v) is 5.27. The molecule has 0 saturated carbocycles. The lowest BCUT2D eigenvalue weighted by Crippen LogP contribution is -2.08. The lowest BCUT2D eigenvalue weighted by atomic mass is 10.0. The average molecular weight is 390 g/mol. The van der Waals surface area contributed by atoms with Crippen molar-refractivity contribution in [1.29, 1.82) is 5.26 Å². The van der Waals surface area contributed by atoms with E-state index in [1.807, 2.05) is 42.6 Å². The van der Waals surface area contributed by atoms with E-state index in [-0.39, 0.29) is 6.04 Å². The Hall–Kier alpha value is -4.24. The van der Waals surface area contributed by atoms with Crippen molar-refractivity contribution in [3.8, 4) is 17.2 Å². The summed E-state index contributed by atoms with van der Waals surface area (Å²) in [5, 5.41) is 22.0. The van der Waals surface area contributed by atoms with Crippen molar-refractivity contribution in [2.45, 2.75) is 13.0 Å². The monoisotopic (exact) mass is 390 g/mol. The second kappa shape index (κ2) is 7.30. The number of nitriles is 1. The summed E-state index contributed by atoms with van der Waals surface area (Å²) >= 11 is 0. The molecule has 0 spiro atoms. The van der Waals surface area contributed by atoms with E-state index >= 15 is 0 Å². The molecule has 0 fully saturated rings. The Morgan fingerprint density at radius 2 is 1.83 bits per heavy atom. The van der Waals surface area contributed by atoms with Gasteiger partial charge in [-0.15, -0.1) is 0 Å². The predicted molar refractivity (Wildman–Crippen MR) is 118 cm³/mol. The summed E-state index contributed by atoms with van der Waals surface area (Å²) in [6.07, 6.45) is 5.21. The van der Waals surface area contributed by atoms with Crippen LogP contribution in [0.3, 0.4) is 0 Å². The van der Waals surface area contributed by atoms with Gasteiger partial charge in [0, 0.05) is 34.8 Å². The summed E-state index contributed by atoms with van der Waals surface area (Å²) < 4.78 is 0. The molecule has 30 heavy (non-hydrogen) atoms. The quantitative estimate of drug-likeness (QED) is 0.439. The maximum absolute atomic E-state index is 9.69. The maximum Gasteiger partial charge on any atom is 0.155 e. The Morgan fingerprint density at radius 1 is 0.967 bits per heavy atom. The number of nitrogens with zero attached hydrogens (tertiary/aromatic N) is 4. The van der Waals surface area contributed by atoms with Crippen LogP contribution in [0.25, 0.3) is 33.1 Å². The second-order valence-corrected chi connectivity index (χ2v) is 7.20. The number of hydrogen-bond acceptors (Lipinski definition) is 5. The van der Waals surface area contributed by atoms with Crippen molar-refractivity contribution < 1.29 is 0 Å². The van der Waals surface area contributed by atoms with Crippen LogP contribution in [0.5, 0.6) is 0 Å². The van der Waals surface area contributed by atoms with Gasteiger partial charge >= 0.3 is 0 Å². The highest BCUT2D eigenvalue weighted by Crippen LogP contribution is 2.33. The van der Waals surface area contributed by atoms with Crippen LogP contribution >= 0.6 is 0 Å². The highest BCUT2D eigenvalue weighted by atomic mass is 15.1. The molecule has 2 N–H and O–H groups in total. The smallest absolute Gasteiger partial charge is 0.155 e. The molecule has 0 saturated heterocycles. The minimum atomic E-state index is 0.0384. The summed E-state index contributed by atoms with van der Waals surface area (Å²) in [5.74, 6) is 0. The summed E-state index contributed by atoms with van der Waals surface area (Å²) in [6.45, 7) is 2.09. The van der Waals surface area contributed by atoms with Crippen molar-refractivity contribution >= 4 is 27.6 Å². The number of fused-ring (bicyclic) bond motifs is 2. The molecule has 0 radical (unpaired) electrons. The van der Waals surface area contributed by atoms with Crippen molar-refractivity contribution in [3.63, 3.8) is 0 Å². The third-order valence-electron chi connectivity index (χ3n) is 5.27. The van der Waals surface area contributed by atoms with Crippen LogP contribution in [-0.4, -0.2) is 20.2 Å². The van der Waals surface area contributed by atoms with Crippen LogP contribution in [0.4, 0.5) is 5.69 Å². The summed E-state index contributed by atoms with van der Waals surface area (Å²) in [6, 6.07) is 20.6. The molecule has 6 nitrogen and oxygen atoms in total. The first-order valence-electron chi connectivity index (χ1n) is 9.67. The van der Waals surface area contributed by atoms with Crippen LogP contribution in [0, 0.1) is 11.3 Å². The van der Waals surface area contributed by atoms with Crippen molar-refractivity contribution in [3.05, 3.63) is 84.3 Å². The Bertz CT molecular complexity index is 1400. The lowest BCUT2D eigenvalue weighted by molar-refractivity contribution is 0.885. The number of aromatic amines is 1. The van der Waals surface area contributed by atoms with Crippen LogP contribution in [0.15, 0.2) is 73.2 Å². The highest BCUT2D eigenvalue weighted by molar-refractivity contribution is 5.97. The Balaban J connectivity index is 1.63. The van der Waals surface area contributed by atoms with Gasteiger partial charge in [-0.1, -0.05) is 36.4 Å². The molecule has 5 rings (SSSR count). The number of aromatic nitrogens is 4. The van der Waals surface area contributed by atoms with Crippen molar-refractivity contribution in [1.82, 2.24) is 20.2 Å². The van der Waals surface area contributed by atoms with Gasteiger partial charge in [0.15, 0.2) is 5.65 Å². The molecule has 1 atom stereocenters. The molecular weight excluding hydrogens is 372 g/mol. The van der Waals surface area contributed by atoms with Crippen LogP contribution in [0.1, 0.15) is 24.1 Å². The van der Waals surface area contributed by atoms with Gasteiger partial charge in [-0.3, -0.25) is 10.1 Å². The van der Waals surface area contributed by atoms with Gasteiger partial charge in [0.2, 0.25) is 0 Å². The molecule has 0 amide bonds. The Morgan fingerprint density at radius 3 is 2.67 bits per heavy atom. The molecule has 0 aliphatic rings. The maximum atomic E-state index is 9.69. The number of benzene rings is 2. The fourth-order valence-corrected chi connectivity index (χ4v) is 3.65. The van der Waals surface area contributed by atoms with E-state index in [1.54, 1.807) is 12.4 Å². The van der Waals surface area contributed by atoms with Gasteiger partial charge in [0.05, 0.1) is 23.0 Å². The number of nitrogens with one attached hydrogen (secondary N) is 2. The highest BCUT2D eigenvalue weighted by Gasteiger charge is 2.14.